The van der Waals surface area contributed by atoms with Crippen LogP contribution in [0.15, 0.2) is 0 Å². The molecule has 0 bridgehead atoms. The van der Waals surface area contributed by atoms with Crippen molar-refractivity contribution in [1.82, 2.24) is 10.6 Å². The van der Waals surface area contributed by atoms with Crippen molar-refractivity contribution in [3.63, 3.8) is 0 Å². The van der Waals surface area contributed by atoms with Gasteiger partial charge in [-0.15, -0.1) is 0 Å². The summed E-state index contributed by atoms with van der Waals surface area (Å²) in [6, 6.07) is -0.904. The molecule has 1 saturated carbocycles. The Hall–Kier alpha value is -1.59. The zero-order chi connectivity index (χ0) is 17.4. The molecule has 2 unspecified atom stereocenters. The van der Waals surface area contributed by atoms with Crippen molar-refractivity contribution in [1.29, 1.82) is 0 Å². The number of hydrogen-bond donors (Lipinski definition) is 3. The van der Waals surface area contributed by atoms with Crippen molar-refractivity contribution in [2.45, 2.75) is 65.3 Å². The Kier molecular flexibility index (Phi) is 8.06. The van der Waals surface area contributed by atoms with Crippen LogP contribution in [0.4, 0.5) is 0 Å². The van der Waals surface area contributed by atoms with E-state index in [9.17, 15) is 14.4 Å². The predicted molar refractivity (Wildman–Crippen MR) is 87.8 cm³/mol. The third-order valence-corrected chi connectivity index (χ3v) is 4.31. The van der Waals surface area contributed by atoms with Gasteiger partial charge in [0, 0.05) is 6.42 Å². The minimum absolute atomic E-state index is 0.130. The summed E-state index contributed by atoms with van der Waals surface area (Å²) >= 11 is 0. The van der Waals surface area contributed by atoms with Crippen molar-refractivity contribution in [3.8, 4) is 0 Å². The Morgan fingerprint density at radius 1 is 1.17 bits per heavy atom. The van der Waals surface area contributed by atoms with Crippen LogP contribution in [0.25, 0.3) is 0 Å². The molecule has 132 valence electrons. The van der Waals surface area contributed by atoms with Crippen LogP contribution in [0, 0.1) is 17.8 Å². The van der Waals surface area contributed by atoms with E-state index in [0.717, 1.165) is 19.3 Å². The van der Waals surface area contributed by atoms with Crippen LogP contribution in [-0.2, 0) is 14.4 Å². The van der Waals surface area contributed by atoms with Crippen LogP contribution >= 0.6 is 0 Å². The number of carboxylic acid groups (broad SMARTS) is 1. The maximum atomic E-state index is 11.9. The molecule has 6 heteroatoms. The lowest BCUT2D eigenvalue weighted by atomic mass is 9.81. The summed E-state index contributed by atoms with van der Waals surface area (Å²) in [7, 11) is 0. The SMILES string of the molecule is CC(C)C[C@H](NC(=O)CNC(=O)CC1CCCC(C)C1)C(=O)O. The number of carbonyl (C=O) groups excluding carboxylic acids is 2. The predicted octanol–water partition coefficient (Wildman–Crippen LogP) is 1.93. The molecule has 0 aliphatic heterocycles. The van der Waals surface area contributed by atoms with Crippen molar-refractivity contribution in [2.24, 2.45) is 17.8 Å². The third-order valence-electron chi connectivity index (χ3n) is 4.31. The van der Waals surface area contributed by atoms with E-state index >= 15 is 0 Å². The summed E-state index contributed by atoms with van der Waals surface area (Å²) in [5.74, 6) is -0.404. The van der Waals surface area contributed by atoms with Gasteiger partial charge in [0.15, 0.2) is 0 Å². The highest BCUT2D eigenvalue weighted by atomic mass is 16.4. The number of carbonyl (C=O) groups is 3. The minimum Gasteiger partial charge on any atom is -0.480 e. The van der Waals surface area contributed by atoms with E-state index in [2.05, 4.69) is 17.6 Å². The van der Waals surface area contributed by atoms with Crippen LogP contribution in [0.2, 0.25) is 0 Å². The van der Waals surface area contributed by atoms with Gasteiger partial charge in [0.2, 0.25) is 11.8 Å². The first-order chi connectivity index (χ1) is 10.8. The van der Waals surface area contributed by atoms with E-state index in [1.807, 2.05) is 13.8 Å². The number of amides is 2. The van der Waals surface area contributed by atoms with Crippen LogP contribution in [-0.4, -0.2) is 35.5 Å². The molecule has 0 aromatic heterocycles. The maximum absolute atomic E-state index is 11.9. The molecule has 1 rings (SSSR count). The van der Waals surface area contributed by atoms with Gasteiger partial charge in [0.1, 0.15) is 6.04 Å². The van der Waals surface area contributed by atoms with E-state index in [-0.39, 0.29) is 18.4 Å². The van der Waals surface area contributed by atoms with Crippen molar-refractivity contribution < 1.29 is 19.5 Å². The van der Waals surface area contributed by atoms with E-state index in [0.29, 0.717) is 24.7 Å². The van der Waals surface area contributed by atoms with Gasteiger partial charge >= 0.3 is 5.97 Å². The molecule has 1 aliphatic rings. The molecule has 0 spiro atoms. The first-order valence-electron chi connectivity index (χ1n) is 8.56. The zero-order valence-corrected chi connectivity index (χ0v) is 14.4. The number of rotatable bonds is 8. The molecule has 23 heavy (non-hydrogen) atoms. The van der Waals surface area contributed by atoms with E-state index in [4.69, 9.17) is 5.11 Å². The standard InChI is InChI=1S/C17H30N2O4/c1-11(2)7-14(17(22)23)19-16(21)10-18-15(20)9-13-6-4-5-12(3)8-13/h11-14H,4-10H2,1-3H3,(H,18,20)(H,19,21)(H,22,23)/t12?,13?,14-/m0/s1. The molecule has 1 fully saturated rings. The Labute approximate surface area is 138 Å². The van der Waals surface area contributed by atoms with E-state index < -0.39 is 17.9 Å². The number of nitrogens with one attached hydrogen (secondary N) is 2. The monoisotopic (exact) mass is 326 g/mol. The molecule has 0 saturated heterocycles. The second-order valence-corrected chi connectivity index (χ2v) is 7.21. The second kappa shape index (κ2) is 9.53. The lowest BCUT2D eigenvalue weighted by Gasteiger charge is -2.26. The Morgan fingerprint density at radius 3 is 2.43 bits per heavy atom. The van der Waals surface area contributed by atoms with Gasteiger partial charge in [-0.25, -0.2) is 4.79 Å². The van der Waals surface area contributed by atoms with Gasteiger partial charge in [-0.3, -0.25) is 9.59 Å². The summed E-state index contributed by atoms with van der Waals surface area (Å²) in [5, 5.41) is 14.1. The van der Waals surface area contributed by atoms with Gasteiger partial charge in [0.05, 0.1) is 6.54 Å². The molecular weight excluding hydrogens is 296 g/mol. The topological polar surface area (TPSA) is 95.5 Å². The highest BCUT2D eigenvalue weighted by Gasteiger charge is 2.23. The maximum Gasteiger partial charge on any atom is 0.326 e. The average Bonchev–Trinajstić information content (AvgIpc) is 2.44. The van der Waals surface area contributed by atoms with Gasteiger partial charge in [-0.1, -0.05) is 33.6 Å². The van der Waals surface area contributed by atoms with E-state index in [1.54, 1.807) is 0 Å². The van der Waals surface area contributed by atoms with Gasteiger partial charge in [-0.2, -0.15) is 0 Å². The third kappa shape index (κ3) is 8.00. The minimum atomic E-state index is -1.05. The summed E-state index contributed by atoms with van der Waals surface area (Å²) in [4.78, 5) is 34.8. The van der Waals surface area contributed by atoms with Crippen LogP contribution < -0.4 is 10.6 Å². The fourth-order valence-corrected chi connectivity index (χ4v) is 3.20. The summed E-state index contributed by atoms with van der Waals surface area (Å²) in [6.45, 7) is 5.84. The lowest BCUT2D eigenvalue weighted by Crippen LogP contribution is -2.46. The van der Waals surface area contributed by atoms with Gasteiger partial charge in [0.25, 0.3) is 0 Å². The van der Waals surface area contributed by atoms with Crippen molar-refractivity contribution in [3.05, 3.63) is 0 Å². The fourth-order valence-electron chi connectivity index (χ4n) is 3.20. The normalized spacial score (nSPS) is 22.4. The van der Waals surface area contributed by atoms with Crippen LogP contribution in [0.5, 0.6) is 0 Å². The summed E-state index contributed by atoms with van der Waals surface area (Å²) in [5.41, 5.74) is 0. The smallest absolute Gasteiger partial charge is 0.326 e. The Balaban J connectivity index is 2.31. The number of aliphatic carboxylic acids is 1. The summed E-state index contributed by atoms with van der Waals surface area (Å²) in [6.07, 6.45) is 5.34. The Morgan fingerprint density at radius 2 is 1.87 bits per heavy atom. The molecule has 3 N–H and O–H groups in total. The molecule has 3 atom stereocenters. The van der Waals surface area contributed by atoms with Crippen LogP contribution in [0.1, 0.15) is 59.3 Å². The van der Waals surface area contributed by atoms with E-state index in [1.165, 1.54) is 6.42 Å². The fraction of sp³-hybridized carbons (Fsp3) is 0.824. The second-order valence-electron chi connectivity index (χ2n) is 7.21. The molecule has 0 radical (unpaired) electrons. The lowest BCUT2D eigenvalue weighted by molar-refractivity contribution is -0.142. The van der Waals surface area contributed by atoms with Crippen molar-refractivity contribution >= 4 is 17.8 Å². The number of carboxylic acids is 1. The quantitative estimate of drug-likeness (QED) is 0.635. The first kappa shape index (κ1) is 19.5. The summed E-state index contributed by atoms with van der Waals surface area (Å²) < 4.78 is 0. The van der Waals surface area contributed by atoms with Crippen molar-refractivity contribution in [2.75, 3.05) is 6.54 Å². The molecule has 0 heterocycles. The number of hydrogen-bond acceptors (Lipinski definition) is 3. The molecule has 6 nitrogen and oxygen atoms in total. The average molecular weight is 326 g/mol. The molecule has 2 amide bonds. The highest BCUT2D eigenvalue weighted by Crippen LogP contribution is 2.30. The highest BCUT2D eigenvalue weighted by molar-refractivity contribution is 5.87. The first-order valence-corrected chi connectivity index (χ1v) is 8.56. The Bertz CT molecular complexity index is 423. The molecular formula is C17H30N2O4. The van der Waals surface area contributed by atoms with Gasteiger partial charge < -0.3 is 15.7 Å². The molecule has 1 aliphatic carbocycles. The van der Waals surface area contributed by atoms with Gasteiger partial charge in [-0.05, 0) is 37.0 Å². The molecule has 0 aromatic rings. The van der Waals surface area contributed by atoms with Crippen LogP contribution in [0.3, 0.4) is 0 Å². The molecule has 0 aromatic carbocycles. The largest absolute Gasteiger partial charge is 0.480 e. The zero-order valence-electron chi connectivity index (χ0n) is 14.4.